The van der Waals surface area contributed by atoms with Crippen molar-refractivity contribution in [3.63, 3.8) is 0 Å². The van der Waals surface area contributed by atoms with Crippen LogP contribution in [0.2, 0.25) is 0 Å². The van der Waals surface area contributed by atoms with Crippen LogP contribution in [0.5, 0.6) is 0 Å². The van der Waals surface area contributed by atoms with Crippen LogP contribution in [-0.2, 0) is 0 Å². The lowest BCUT2D eigenvalue weighted by molar-refractivity contribution is 0.0696. The van der Waals surface area contributed by atoms with Crippen molar-refractivity contribution in [3.05, 3.63) is 29.3 Å². The van der Waals surface area contributed by atoms with Gasteiger partial charge < -0.3 is 5.11 Å². The van der Waals surface area contributed by atoms with Crippen molar-refractivity contribution in [2.24, 2.45) is 10.2 Å². The number of aryl methyl sites for hydroxylation is 1. The fourth-order valence-electron chi connectivity index (χ4n) is 1.02. The van der Waals surface area contributed by atoms with E-state index in [1.165, 1.54) is 6.07 Å². The maximum absolute atomic E-state index is 10.7. The Morgan fingerprint density at radius 2 is 2.15 bits per heavy atom. The van der Waals surface area contributed by atoms with Gasteiger partial charge in [0, 0.05) is 7.05 Å². The first-order valence-corrected chi connectivity index (χ1v) is 3.79. The van der Waals surface area contributed by atoms with E-state index in [4.69, 9.17) is 5.11 Å². The lowest BCUT2D eigenvalue weighted by Gasteiger charge is -2.00. The second-order valence-electron chi connectivity index (χ2n) is 2.60. The Kier molecular flexibility index (Phi) is 2.74. The Morgan fingerprint density at radius 1 is 1.46 bits per heavy atom. The highest BCUT2D eigenvalue weighted by molar-refractivity contribution is 5.90. The van der Waals surface area contributed by atoms with Gasteiger partial charge in [-0.1, -0.05) is 6.07 Å². The second-order valence-corrected chi connectivity index (χ2v) is 2.60. The molecule has 0 spiro atoms. The predicted octanol–water partition coefficient (Wildman–Crippen LogP) is 2.41. The van der Waals surface area contributed by atoms with Crippen LogP contribution in [0, 0.1) is 6.92 Å². The van der Waals surface area contributed by atoms with Crippen molar-refractivity contribution < 1.29 is 9.90 Å². The van der Waals surface area contributed by atoms with Gasteiger partial charge in [-0.05, 0) is 24.6 Å². The Labute approximate surface area is 75.9 Å². The zero-order valence-corrected chi connectivity index (χ0v) is 7.48. The number of hydrogen-bond donors (Lipinski definition) is 1. The third kappa shape index (κ3) is 2.11. The fraction of sp³-hybridized carbons (Fsp3) is 0.222. The Balaban J connectivity index is 3.18. The molecule has 0 saturated carbocycles. The van der Waals surface area contributed by atoms with Crippen LogP contribution in [0.25, 0.3) is 0 Å². The molecule has 0 bridgehead atoms. The fourth-order valence-corrected chi connectivity index (χ4v) is 1.02. The third-order valence-electron chi connectivity index (χ3n) is 1.67. The first-order chi connectivity index (χ1) is 6.15. The van der Waals surface area contributed by atoms with Crippen LogP contribution < -0.4 is 0 Å². The zero-order chi connectivity index (χ0) is 9.84. The highest BCUT2D eigenvalue weighted by Gasteiger charge is 2.06. The van der Waals surface area contributed by atoms with E-state index in [1.54, 1.807) is 26.1 Å². The molecule has 0 heterocycles. The molecule has 1 aromatic rings. The van der Waals surface area contributed by atoms with Gasteiger partial charge in [-0.2, -0.15) is 10.2 Å². The Bertz CT molecular complexity index is 359. The molecule has 4 heteroatoms. The van der Waals surface area contributed by atoms with Gasteiger partial charge in [0.25, 0.3) is 0 Å². The quantitative estimate of drug-likeness (QED) is 0.707. The van der Waals surface area contributed by atoms with Gasteiger partial charge in [0.1, 0.15) is 0 Å². The first-order valence-electron chi connectivity index (χ1n) is 3.79. The molecule has 0 aliphatic rings. The maximum Gasteiger partial charge on any atom is 0.336 e. The van der Waals surface area contributed by atoms with Crippen LogP contribution in [0.4, 0.5) is 5.69 Å². The molecule has 1 N–H and O–H groups in total. The number of rotatable bonds is 2. The van der Waals surface area contributed by atoms with E-state index in [0.717, 1.165) is 5.56 Å². The molecular formula is C9H10N2O2. The molecule has 0 aliphatic carbocycles. The number of nitrogens with zero attached hydrogens (tertiary/aromatic N) is 2. The van der Waals surface area contributed by atoms with Crippen LogP contribution in [0.15, 0.2) is 28.4 Å². The summed E-state index contributed by atoms with van der Waals surface area (Å²) in [6.07, 6.45) is 0. The second kappa shape index (κ2) is 3.80. The number of carboxylic acids is 1. The number of benzene rings is 1. The Morgan fingerprint density at radius 3 is 2.69 bits per heavy atom. The van der Waals surface area contributed by atoms with Crippen LogP contribution in [0.1, 0.15) is 15.9 Å². The zero-order valence-electron chi connectivity index (χ0n) is 7.48. The molecule has 0 atom stereocenters. The lowest BCUT2D eigenvalue weighted by atomic mass is 10.1. The lowest BCUT2D eigenvalue weighted by Crippen LogP contribution is -1.98. The summed E-state index contributed by atoms with van der Waals surface area (Å²) in [4.78, 5) is 10.7. The molecule has 0 aromatic heterocycles. The smallest absolute Gasteiger partial charge is 0.336 e. The normalized spacial score (nSPS) is 10.6. The number of aromatic carboxylic acids is 1. The summed E-state index contributed by atoms with van der Waals surface area (Å²) < 4.78 is 0. The van der Waals surface area contributed by atoms with Gasteiger partial charge >= 0.3 is 5.97 Å². The molecule has 1 aromatic carbocycles. The average molecular weight is 178 g/mol. The summed E-state index contributed by atoms with van der Waals surface area (Å²) >= 11 is 0. The van der Waals surface area contributed by atoms with Crippen LogP contribution >= 0.6 is 0 Å². The van der Waals surface area contributed by atoms with Crippen molar-refractivity contribution in [1.82, 2.24) is 0 Å². The van der Waals surface area contributed by atoms with Crippen LogP contribution in [-0.4, -0.2) is 18.1 Å². The van der Waals surface area contributed by atoms with E-state index >= 15 is 0 Å². The molecule has 0 saturated heterocycles. The monoisotopic (exact) mass is 178 g/mol. The third-order valence-corrected chi connectivity index (χ3v) is 1.67. The van der Waals surface area contributed by atoms with Crippen molar-refractivity contribution >= 4 is 11.7 Å². The van der Waals surface area contributed by atoms with E-state index in [2.05, 4.69) is 10.2 Å². The topological polar surface area (TPSA) is 62.0 Å². The average Bonchev–Trinajstić information content (AvgIpc) is 2.08. The van der Waals surface area contributed by atoms with Crippen molar-refractivity contribution in [2.45, 2.75) is 6.92 Å². The summed E-state index contributed by atoms with van der Waals surface area (Å²) in [6, 6.07) is 4.95. The highest BCUT2D eigenvalue weighted by atomic mass is 16.4. The van der Waals surface area contributed by atoms with E-state index in [9.17, 15) is 4.79 Å². The van der Waals surface area contributed by atoms with E-state index in [-0.39, 0.29) is 5.56 Å². The van der Waals surface area contributed by atoms with E-state index in [0.29, 0.717) is 5.69 Å². The molecule has 0 aliphatic heterocycles. The summed E-state index contributed by atoms with van der Waals surface area (Å²) in [6.45, 7) is 1.75. The first kappa shape index (κ1) is 9.38. The number of hydrogen-bond acceptors (Lipinski definition) is 3. The minimum Gasteiger partial charge on any atom is -0.478 e. The molecule has 0 amide bonds. The predicted molar refractivity (Wildman–Crippen MR) is 48.6 cm³/mol. The standard InChI is InChI=1S/C9H10N2O2/c1-6-3-4-7(11-10-2)5-8(6)9(12)13/h3-5H,1-2H3,(H,12,13). The molecular weight excluding hydrogens is 168 g/mol. The number of azo groups is 1. The van der Waals surface area contributed by atoms with Crippen molar-refractivity contribution in [1.29, 1.82) is 0 Å². The summed E-state index contributed by atoms with van der Waals surface area (Å²) in [5.41, 5.74) is 1.55. The molecule has 0 fully saturated rings. The summed E-state index contributed by atoms with van der Waals surface area (Å²) in [5.74, 6) is -0.939. The molecule has 68 valence electrons. The van der Waals surface area contributed by atoms with Gasteiger partial charge in [0.15, 0.2) is 0 Å². The Hall–Kier alpha value is -1.71. The summed E-state index contributed by atoms with van der Waals surface area (Å²) in [7, 11) is 1.54. The van der Waals surface area contributed by atoms with Gasteiger partial charge in [-0.25, -0.2) is 4.79 Å². The SMILES string of the molecule is CN=Nc1ccc(C)c(C(=O)O)c1. The minimum absolute atomic E-state index is 0.268. The maximum atomic E-state index is 10.7. The highest BCUT2D eigenvalue weighted by Crippen LogP contribution is 2.17. The summed E-state index contributed by atoms with van der Waals surface area (Å²) in [5, 5.41) is 16.1. The van der Waals surface area contributed by atoms with Crippen molar-refractivity contribution in [2.75, 3.05) is 7.05 Å². The molecule has 0 unspecified atom stereocenters. The van der Waals surface area contributed by atoms with E-state index in [1.807, 2.05) is 0 Å². The van der Waals surface area contributed by atoms with Crippen molar-refractivity contribution in [3.8, 4) is 0 Å². The van der Waals surface area contributed by atoms with Gasteiger partial charge in [0.2, 0.25) is 0 Å². The van der Waals surface area contributed by atoms with Gasteiger partial charge in [-0.3, -0.25) is 0 Å². The van der Waals surface area contributed by atoms with Crippen LogP contribution in [0.3, 0.4) is 0 Å². The molecule has 0 radical (unpaired) electrons. The minimum atomic E-state index is -0.939. The largest absolute Gasteiger partial charge is 0.478 e. The van der Waals surface area contributed by atoms with E-state index < -0.39 is 5.97 Å². The molecule has 13 heavy (non-hydrogen) atoms. The molecule has 4 nitrogen and oxygen atoms in total. The number of carboxylic acid groups (broad SMARTS) is 1. The van der Waals surface area contributed by atoms with Gasteiger partial charge in [0.05, 0.1) is 11.3 Å². The number of carbonyl (C=O) groups is 1. The van der Waals surface area contributed by atoms with Gasteiger partial charge in [-0.15, -0.1) is 0 Å². The molecule has 1 rings (SSSR count).